The number of halogens is 1. The van der Waals surface area contributed by atoms with E-state index in [1.54, 1.807) is 31.2 Å². The molecule has 0 fully saturated rings. The normalized spacial score (nSPS) is 10.1. The summed E-state index contributed by atoms with van der Waals surface area (Å²) in [7, 11) is 0. The van der Waals surface area contributed by atoms with Gasteiger partial charge in [0.15, 0.2) is 6.61 Å². The number of carbonyl (C=O) groups is 1. The molecule has 0 aliphatic heterocycles. The van der Waals surface area contributed by atoms with Crippen molar-refractivity contribution in [3.8, 4) is 5.75 Å². The lowest BCUT2D eigenvalue weighted by Gasteiger charge is -2.09. The van der Waals surface area contributed by atoms with Crippen molar-refractivity contribution < 1.29 is 13.9 Å². The minimum atomic E-state index is -0.335. The molecular weight excluding hydrogens is 259 g/mol. The Morgan fingerprint density at radius 2 is 1.95 bits per heavy atom. The van der Waals surface area contributed by atoms with E-state index in [0.29, 0.717) is 22.7 Å². The van der Waals surface area contributed by atoms with Crippen molar-refractivity contribution in [1.82, 2.24) is 0 Å². The molecule has 0 aromatic heterocycles. The summed E-state index contributed by atoms with van der Waals surface area (Å²) in [6, 6.07) is 10.9. The summed E-state index contributed by atoms with van der Waals surface area (Å²) in [5.41, 5.74) is 7.40. The summed E-state index contributed by atoms with van der Waals surface area (Å²) in [5, 5.41) is 2.66. The number of benzene rings is 2. The van der Waals surface area contributed by atoms with Crippen LogP contribution in [0.25, 0.3) is 0 Å². The van der Waals surface area contributed by atoms with Crippen LogP contribution >= 0.6 is 0 Å². The quantitative estimate of drug-likeness (QED) is 0.842. The predicted molar refractivity (Wildman–Crippen MR) is 76.1 cm³/mol. The van der Waals surface area contributed by atoms with E-state index in [1.165, 1.54) is 18.2 Å². The second kappa shape index (κ2) is 6.06. The Hall–Kier alpha value is -2.56. The summed E-state index contributed by atoms with van der Waals surface area (Å²) in [5.74, 6) is -0.0830. The fraction of sp³-hybridized carbons (Fsp3) is 0.133. The minimum Gasteiger partial charge on any atom is -0.484 e. The van der Waals surface area contributed by atoms with Gasteiger partial charge in [-0.05, 0) is 55.0 Å². The highest BCUT2D eigenvalue weighted by atomic mass is 19.1. The third-order valence-corrected chi connectivity index (χ3v) is 2.71. The van der Waals surface area contributed by atoms with E-state index in [9.17, 15) is 9.18 Å². The van der Waals surface area contributed by atoms with E-state index in [1.807, 2.05) is 0 Å². The highest BCUT2D eigenvalue weighted by Crippen LogP contribution is 2.16. The molecule has 2 aromatic carbocycles. The van der Waals surface area contributed by atoms with Crippen molar-refractivity contribution in [3.05, 3.63) is 53.8 Å². The molecule has 0 radical (unpaired) electrons. The molecule has 0 aliphatic rings. The number of anilines is 2. The molecule has 5 heteroatoms. The largest absolute Gasteiger partial charge is 0.484 e. The van der Waals surface area contributed by atoms with E-state index in [4.69, 9.17) is 10.5 Å². The van der Waals surface area contributed by atoms with Gasteiger partial charge in [0, 0.05) is 11.4 Å². The number of nitrogens with one attached hydrogen (secondary N) is 1. The first-order valence-corrected chi connectivity index (χ1v) is 6.09. The zero-order valence-electron chi connectivity index (χ0n) is 11.0. The van der Waals surface area contributed by atoms with E-state index >= 15 is 0 Å². The molecule has 0 spiro atoms. The number of amides is 1. The molecule has 0 heterocycles. The van der Waals surface area contributed by atoms with Gasteiger partial charge < -0.3 is 15.8 Å². The molecule has 2 aromatic rings. The molecule has 0 saturated carbocycles. The van der Waals surface area contributed by atoms with Crippen molar-refractivity contribution in [1.29, 1.82) is 0 Å². The van der Waals surface area contributed by atoms with Crippen LogP contribution in [0, 0.1) is 12.7 Å². The van der Waals surface area contributed by atoms with E-state index in [2.05, 4.69) is 5.32 Å². The average molecular weight is 274 g/mol. The van der Waals surface area contributed by atoms with Gasteiger partial charge in [-0.2, -0.15) is 0 Å². The second-order valence-electron chi connectivity index (χ2n) is 4.37. The van der Waals surface area contributed by atoms with E-state index in [-0.39, 0.29) is 18.3 Å². The lowest BCUT2D eigenvalue weighted by Crippen LogP contribution is -2.20. The van der Waals surface area contributed by atoms with Crippen molar-refractivity contribution in [2.75, 3.05) is 17.7 Å². The Balaban J connectivity index is 1.90. The molecular formula is C15H15FN2O2. The Morgan fingerprint density at radius 3 is 2.60 bits per heavy atom. The molecule has 0 unspecified atom stereocenters. The van der Waals surface area contributed by atoms with Crippen LogP contribution in [0.15, 0.2) is 42.5 Å². The highest BCUT2D eigenvalue weighted by Gasteiger charge is 2.06. The fourth-order valence-electron chi connectivity index (χ4n) is 1.67. The maximum Gasteiger partial charge on any atom is 0.262 e. The lowest BCUT2D eigenvalue weighted by atomic mass is 10.2. The van der Waals surface area contributed by atoms with Crippen LogP contribution in [0.3, 0.4) is 0 Å². The van der Waals surface area contributed by atoms with Crippen molar-refractivity contribution >= 4 is 17.3 Å². The fourth-order valence-corrected chi connectivity index (χ4v) is 1.67. The topological polar surface area (TPSA) is 64.3 Å². The summed E-state index contributed by atoms with van der Waals surface area (Å²) in [6.07, 6.45) is 0. The molecule has 4 nitrogen and oxygen atoms in total. The summed E-state index contributed by atoms with van der Waals surface area (Å²) in [4.78, 5) is 11.7. The van der Waals surface area contributed by atoms with Crippen LogP contribution in [-0.4, -0.2) is 12.5 Å². The van der Waals surface area contributed by atoms with Crippen molar-refractivity contribution in [2.24, 2.45) is 0 Å². The summed E-state index contributed by atoms with van der Waals surface area (Å²) >= 11 is 0. The van der Waals surface area contributed by atoms with Crippen molar-refractivity contribution in [2.45, 2.75) is 6.92 Å². The Bertz CT molecular complexity index is 612. The molecule has 20 heavy (non-hydrogen) atoms. The maximum atomic E-state index is 12.9. The summed E-state index contributed by atoms with van der Waals surface area (Å²) < 4.78 is 18.3. The Kier molecular flexibility index (Phi) is 4.20. The molecule has 104 valence electrons. The number of aryl methyl sites for hydroxylation is 1. The van der Waals surface area contributed by atoms with Gasteiger partial charge in [0.25, 0.3) is 5.91 Å². The Labute approximate surface area is 116 Å². The maximum absolute atomic E-state index is 12.9. The number of hydrogen-bond donors (Lipinski definition) is 2. The Morgan fingerprint density at radius 1 is 1.25 bits per heavy atom. The highest BCUT2D eigenvalue weighted by molar-refractivity contribution is 5.92. The van der Waals surface area contributed by atoms with Crippen LogP contribution in [0.1, 0.15) is 5.56 Å². The monoisotopic (exact) mass is 274 g/mol. The molecule has 0 atom stereocenters. The van der Waals surface area contributed by atoms with Gasteiger partial charge in [0.1, 0.15) is 11.6 Å². The standard InChI is InChI=1S/C15H15FN2O2/c1-10-8-11(16)2-7-14(10)18-15(19)9-20-13-5-3-12(17)4-6-13/h2-8H,9,17H2,1H3,(H,18,19). The number of nitrogen functional groups attached to an aromatic ring is 1. The second-order valence-corrected chi connectivity index (χ2v) is 4.37. The number of ether oxygens (including phenoxy) is 1. The van der Waals surface area contributed by atoms with Crippen LogP contribution in [0.2, 0.25) is 0 Å². The van der Waals surface area contributed by atoms with Crippen LogP contribution in [0.5, 0.6) is 5.75 Å². The number of hydrogen-bond acceptors (Lipinski definition) is 3. The van der Waals surface area contributed by atoms with E-state index in [0.717, 1.165) is 0 Å². The average Bonchev–Trinajstić information content (AvgIpc) is 2.41. The van der Waals surface area contributed by atoms with Crippen molar-refractivity contribution in [3.63, 3.8) is 0 Å². The molecule has 1 amide bonds. The molecule has 0 bridgehead atoms. The number of rotatable bonds is 4. The van der Waals surface area contributed by atoms with Gasteiger partial charge in [-0.15, -0.1) is 0 Å². The van der Waals surface area contributed by atoms with Crippen LogP contribution < -0.4 is 15.8 Å². The van der Waals surface area contributed by atoms with Crippen LogP contribution in [-0.2, 0) is 4.79 Å². The SMILES string of the molecule is Cc1cc(F)ccc1NC(=O)COc1ccc(N)cc1. The van der Waals surface area contributed by atoms with Gasteiger partial charge in [-0.3, -0.25) is 4.79 Å². The first-order valence-electron chi connectivity index (χ1n) is 6.09. The van der Waals surface area contributed by atoms with Gasteiger partial charge in [-0.25, -0.2) is 4.39 Å². The third kappa shape index (κ3) is 3.71. The van der Waals surface area contributed by atoms with Gasteiger partial charge in [0.2, 0.25) is 0 Å². The molecule has 2 rings (SSSR count). The lowest BCUT2D eigenvalue weighted by molar-refractivity contribution is -0.118. The molecule has 0 aliphatic carbocycles. The smallest absolute Gasteiger partial charge is 0.262 e. The summed E-state index contributed by atoms with van der Waals surface area (Å²) in [6.45, 7) is 1.60. The molecule has 0 saturated heterocycles. The zero-order valence-corrected chi connectivity index (χ0v) is 11.0. The zero-order chi connectivity index (χ0) is 14.5. The van der Waals surface area contributed by atoms with Crippen LogP contribution in [0.4, 0.5) is 15.8 Å². The van der Waals surface area contributed by atoms with Gasteiger partial charge in [0.05, 0.1) is 0 Å². The minimum absolute atomic E-state index is 0.124. The first-order chi connectivity index (χ1) is 9.54. The number of carbonyl (C=O) groups excluding carboxylic acids is 1. The van der Waals surface area contributed by atoms with E-state index < -0.39 is 0 Å². The molecule has 3 N–H and O–H groups in total. The predicted octanol–water partition coefficient (Wildman–Crippen LogP) is 2.73. The van der Waals surface area contributed by atoms with Gasteiger partial charge >= 0.3 is 0 Å². The van der Waals surface area contributed by atoms with Gasteiger partial charge in [-0.1, -0.05) is 0 Å². The third-order valence-electron chi connectivity index (χ3n) is 2.71. The first kappa shape index (κ1) is 13.9. The number of nitrogens with two attached hydrogens (primary N) is 1.